The van der Waals surface area contributed by atoms with E-state index in [0.29, 0.717) is 0 Å². The smallest absolute Gasteiger partial charge is 0.108 e. The quantitative estimate of drug-likeness (QED) is 0.170. The number of rotatable bonds is 5. The number of fused-ring (bicyclic) bond motifs is 4. The monoisotopic (exact) mass is 635 g/mol. The first kappa shape index (κ1) is 29.5. The average Bonchev–Trinajstić information content (AvgIpc) is 3.48. The summed E-state index contributed by atoms with van der Waals surface area (Å²) in [6, 6.07) is 71.5. The fraction of sp³-hybridized carbons (Fsp3) is 0.0204. The Morgan fingerprint density at radius 1 is 0.380 bits per heavy atom. The van der Waals surface area contributed by atoms with Crippen LogP contribution in [0, 0.1) is 11.8 Å². The summed E-state index contributed by atoms with van der Waals surface area (Å²) in [6.07, 6.45) is 0. The minimum absolute atomic E-state index is 0.633. The molecule has 0 saturated carbocycles. The van der Waals surface area contributed by atoms with Crippen molar-refractivity contribution in [2.45, 2.75) is 5.41 Å². The molecule has 0 heterocycles. The molecule has 1 heteroatoms. The van der Waals surface area contributed by atoms with Crippen molar-refractivity contribution in [2.24, 2.45) is 0 Å². The Balaban J connectivity index is 1.22. The molecule has 0 saturated heterocycles. The number of para-hydroxylation sites is 1. The number of benzene rings is 8. The Morgan fingerprint density at radius 2 is 0.960 bits per heavy atom. The molecule has 0 aliphatic heterocycles. The Hall–Kier alpha value is -6.62. The van der Waals surface area contributed by atoms with Crippen LogP contribution in [-0.4, -0.2) is 0 Å². The maximum atomic E-state index is 3.88. The first-order chi connectivity index (χ1) is 24.8. The lowest BCUT2D eigenvalue weighted by Crippen LogP contribution is -2.25. The average molecular weight is 636 g/mol. The molecule has 8 aromatic carbocycles. The van der Waals surface area contributed by atoms with E-state index in [1.165, 1.54) is 49.7 Å². The summed E-state index contributed by atoms with van der Waals surface area (Å²) in [5.41, 5.74) is 12.1. The molecule has 1 atom stereocenters. The normalized spacial score (nSPS) is 14.3. The van der Waals surface area contributed by atoms with Gasteiger partial charge in [-0.15, -0.1) is 0 Å². The van der Waals surface area contributed by atoms with Crippen LogP contribution in [0.25, 0.3) is 33.0 Å². The summed E-state index contributed by atoms with van der Waals surface area (Å²) in [7, 11) is 0. The second-order valence-corrected chi connectivity index (χ2v) is 12.8. The minimum atomic E-state index is -0.633. The summed E-state index contributed by atoms with van der Waals surface area (Å²) in [4.78, 5) is 2.35. The van der Waals surface area contributed by atoms with Gasteiger partial charge in [0.2, 0.25) is 0 Å². The van der Waals surface area contributed by atoms with Crippen LogP contribution >= 0.6 is 0 Å². The summed E-state index contributed by atoms with van der Waals surface area (Å²) in [5, 5.41) is 2.42. The largest absolute Gasteiger partial charge is 0.310 e. The van der Waals surface area contributed by atoms with E-state index in [2.05, 4.69) is 217 Å². The molecule has 1 aliphatic rings. The zero-order valence-corrected chi connectivity index (χ0v) is 27.5. The summed E-state index contributed by atoms with van der Waals surface area (Å²) in [5.74, 6) is 7.52. The van der Waals surface area contributed by atoms with Crippen molar-refractivity contribution in [3.8, 4) is 34.1 Å². The van der Waals surface area contributed by atoms with Crippen LogP contribution in [0.4, 0.5) is 17.1 Å². The van der Waals surface area contributed by atoms with Crippen LogP contribution in [-0.2, 0) is 5.41 Å². The van der Waals surface area contributed by atoms with Crippen LogP contribution in [0.15, 0.2) is 200 Å². The molecular weight excluding hydrogens is 603 g/mol. The van der Waals surface area contributed by atoms with Gasteiger partial charge in [-0.25, -0.2) is 0 Å². The number of hydrogen-bond acceptors (Lipinski definition) is 1. The molecule has 0 spiro atoms. The molecule has 0 amide bonds. The zero-order valence-electron chi connectivity index (χ0n) is 27.5. The Morgan fingerprint density at radius 3 is 1.74 bits per heavy atom. The lowest BCUT2D eigenvalue weighted by Gasteiger charge is -2.29. The van der Waals surface area contributed by atoms with E-state index in [9.17, 15) is 0 Å². The molecule has 234 valence electrons. The third-order valence-electron chi connectivity index (χ3n) is 9.88. The zero-order chi connectivity index (χ0) is 33.3. The van der Waals surface area contributed by atoms with Gasteiger partial charge in [-0.3, -0.25) is 0 Å². The highest BCUT2D eigenvalue weighted by Crippen LogP contribution is 2.54. The molecule has 0 N–H and O–H groups in total. The Labute approximate surface area is 293 Å². The lowest BCUT2D eigenvalue weighted by molar-refractivity contribution is 0.837. The molecule has 8 aromatic rings. The fourth-order valence-electron chi connectivity index (χ4n) is 7.51. The van der Waals surface area contributed by atoms with Crippen molar-refractivity contribution in [3.05, 3.63) is 222 Å². The molecule has 9 rings (SSSR count). The first-order valence-corrected chi connectivity index (χ1v) is 17.1. The van der Waals surface area contributed by atoms with Crippen LogP contribution < -0.4 is 4.90 Å². The van der Waals surface area contributed by atoms with Gasteiger partial charge in [0.25, 0.3) is 0 Å². The fourth-order valence-corrected chi connectivity index (χ4v) is 7.51. The van der Waals surface area contributed by atoms with Gasteiger partial charge in [-0.05, 0) is 98.2 Å². The van der Waals surface area contributed by atoms with E-state index in [-0.39, 0.29) is 0 Å². The van der Waals surface area contributed by atoms with Gasteiger partial charge in [0.1, 0.15) is 5.41 Å². The van der Waals surface area contributed by atoms with Crippen LogP contribution in [0.5, 0.6) is 0 Å². The van der Waals surface area contributed by atoms with Gasteiger partial charge < -0.3 is 4.90 Å². The maximum Gasteiger partial charge on any atom is 0.108 e. The van der Waals surface area contributed by atoms with E-state index in [4.69, 9.17) is 0 Å². The predicted molar refractivity (Wildman–Crippen MR) is 209 cm³/mol. The molecule has 1 unspecified atom stereocenters. The van der Waals surface area contributed by atoms with E-state index < -0.39 is 5.41 Å². The number of anilines is 3. The van der Waals surface area contributed by atoms with Crippen molar-refractivity contribution in [3.63, 3.8) is 0 Å². The van der Waals surface area contributed by atoms with Crippen molar-refractivity contribution in [1.82, 2.24) is 0 Å². The topological polar surface area (TPSA) is 3.24 Å². The maximum absolute atomic E-state index is 3.88. The summed E-state index contributed by atoms with van der Waals surface area (Å²) < 4.78 is 0. The number of nitrogens with zero attached hydrogens (tertiary/aromatic N) is 1. The van der Waals surface area contributed by atoms with Gasteiger partial charge in [0.05, 0.1) is 0 Å². The predicted octanol–water partition coefficient (Wildman–Crippen LogP) is 12.3. The van der Waals surface area contributed by atoms with Crippen LogP contribution in [0.1, 0.15) is 22.3 Å². The summed E-state index contributed by atoms with van der Waals surface area (Å²) >= 11 is 0. The highest BCUT2D eigenvalue weighted by Gasteiger charge is 2.43. The molecule has 0 aromatic heterocycles. The standard InChI is InChI=1S/C49H33N/c1-4-14-37(15-5-1)39-26-28-43(29-27-39)50(42-20-8-3-9-21-42)44-30-31-48-46(35-44)45-22-12-13-23-47(45)49(48,41-18-6-2-7-19-41)33-32-36-24-25-38-16-10-11-17-40(38)34-36/h1-31,34-35H. The Bertz CT molecular complexity index is 2520. The van der Waals surface area contributed by atoms with E-state index >= 15 is 0 Å². The van der Waals surface area contributed by atoms with Crippen LogP contribution in [0.2, 0.25) is 0 Å². The third kappa shape index (κ3) is 5.07. The second-order valence-electron chi connectivity index (χ2n) is 12.8. The molecular formula is C49H33N. The van der Waals surface area contributed by atoms with Crippen molar-refractivity contribution in [2.75, 3.05) is 4.90 Å². The van der Waals surface area contributed by atoms with Gasteiger partial charge in [-0.2, -0.15) is 0 Å². The van der Waals surface area contributed by atoms with E-state index in [0.717, 1.165) is 22.6 Å². The molecule has 0 fully saturated rings. The van der Waals surface area contributed by atoms with E-state index in [1.54, 1.807) is 0 Å². The van der Waals surface area contributed by atoms with Crippen LogP contribution in [0.3, 0.4) is 0 Å². The highest BCUT2D eigenvalue weighted by molar-refractivity contribution is 5.90. The lowest BCUT2D eigenvalue weighted by atomic mass is 9.73. The third-order valence-corrected chi connectivity index (χ3v) is 9.88. The minimum Gasteiger partial charge on any atom is -0.310 e. The van der Waals surface area contributed by atoms with Gasteiger partial charge in [-0.1, -0.05) is 164 Å². The SMILES string of the molecule is C(#CC1(c2ccccc2)c2ccccc2-c2cc(N(c3ccccc3)c3ccc(-c4ccccc4)cc3)ccc21)c1ccc2ccccc2c1. The van der Waals surface area contributed by atoms with Gasteiger partial charge in [0.15, 0.2) is 0 Å². The molecule has 0 radical (unpaired) electrons. The molecule has 1 aliphatic carbocycles. The molecule has 50 heavy (non-hydrogen) atoms. The van der Waals surface area contributed by atoms with Crippen molar-refractivity contribution >= 4 is 27.8 Å². The molecule has 1 nitrogen and oxygen atoms in total. The summed E-state index contributed by atoms with van der Waals surface area (Å²) in [6.45, 7) is 0. The van der Waals surface area contributed by atoms with Gasteiger partial charge in [0, 0.05) is 22.6 Å². The highest BCUT2D eigenvalue weighted by atomic mass is 15.1. The van der Waals surface area contributed by atoms with Gasteiger partial charge >= 0.3 is 0 Å². The first-order valence-electron chi connectivity index (χ1n) is 17.1. The Kier molecular flexibility index (Phi) is 7.34. The second kappa shape index (κ2) is 12.4. The van der Waals surface area contributed by atoms with Crippen molar-refractivity contribution < 1.29 is 0 Å². The van der Waals surface area contributed by atoms with Crippen molar-refractivity contribution in [1.29, 1.82) is 0 Å². The number of hydrogen-bond donors (Lipinski definition) is 0. The molecule has 0 bridgehead atoms. The van der Waals surface area contributed by atoms with E-state index in [1.807, 2.05) is 0 Å².